The molecular weight excluding hydrogens is 428 g/mol. The molecule has 0 amide bonds. The Morgan fingerprint density at radius 1 is 0.909 bits per heavy atom. The number of aryl methyl sites for hydroxylation is 2. The maximum atomic E-state index is 6.70. The number of benzene rings is 3. The van der Waals surface area contributed by atoms with Crippen LogP contribution in [0.1, 0.15) is 40.0 Å². The van der Waals surface area contributed by atoms with Crippen LogP contribution in [0.4, 0.5) is 5.95 Å². The van der Waals surface area contributed by atoms with Gasteiger partial charge in [-0.2, -0.15) is 4.98 Å². The van der Waals surface area contributed by atoms with Crippen molar-refractivity contribution in [3.05, 3.63) is 106 Å². The van der Waals surface area contributed by atoms with Crippen LogP contribution in [0.3, 0.4) is 0 Å². The number of hydrogen-bond donors (Lipinski definition) is 1. The van der Waals surface area contributed by atoms with Crippen molar-refractivity contribution in [1.82, 2.24) is 14.8 Å². The molecule has 1 aromatic heterocycles. The fourth-order valence-corrected chi connectivity index (χ4v) is 5.03. The molecule has 6 rings (SSSR count). The third-order valence-corrected chi connectivity index (χ3v) is 6.82. The van der Waals surface area contributed by atoms with Crippen LogP contribution < -0.4 is 10.1 Å². The second kappa shape index (κ2) is 7.81. The summed E-state index contributed by atoms with van der Waals surface area (Å²) in [4.78, 5) is 4.78. The highest BCUT2D eigenvalue weighted by molar-refractivity contribution is 7.98. The normalized spacial score (nSPS) is 18.6. The number of hydrogen-bond acceptors (Lipinski definition) is 5. The molecule has 6 heteroatoms. The molecule has 3 aromatic carbocycles. The molecule has 3 heterocycles. The molecule has 4 aromatic rings. The molecule has 33 heavy (non-hydrogen) atoms. The van der Waals surface area contributed by atoms with E-state index in [2.05, 4.69) is 85.9 Å². The molecule has 2 atom stereocenters. The second-order valence-corrected chi connectivity index (χ2v) is 9.32. The maximum absolute atomic E-state index is 6.70. The number of thioether (sulfide) groups is 1. The fraction of sp³-hybridized carbons (Fsp3) is 0.185. The molecule has 0 fully saturated rings. The Morgan fingerprint density at radius 2 is 1.67 bits per heavy atom. The minimum absolute atomic E-state index is 0.135. The summed E-state index contributed by atoms with van der Waals surface area (Å²) in [6.07, 6.45) is 1.76. The first kappa shape index (κ1) is 20.1. The summed E-state index contributed by atoms with van der Waals surface area (Å²) in [5.41, 5.74) is 7.96. The van der Waals surface area contributed by atoms with E-state index >= 15 is 0 Å². The average Bonchev–Trinajstić information content (AvgIpc) is 3.26. The van der Waals surface area contributed by atoms with Gasteiger partial charge in [-0.05, 0) is 43.4 Å². The van der Waals surface area contributed by atoms with Gasteiger partial charge in [-0.1, -0.05) is 83.6 Å². The average molecular weight is 453 g/mol. The summed E-state index contributed by atoms with van der Waals surface area (Å²) >= 11 is 1.55. The molecule has 0 aliphatic carbocycles. The van der Waals surface area contributed by atoms with Crippen LogP contribution in [0.2, 0.25) is 0 Å². The summed E-state index contributed by atoms with van der Waals surface area (Å²) in [7, 11) is 0. The van der Waals surface area contributed by atoms with Crippen molar-refractivity contribution >= 4 is 23.4 Å². The highest BCUT2D eigenvalue weighted by Crippen LogP contribution is 2.51. The van der Waals surface area contributed by atoms with Crippen LogP contribution in [-0.2, 0) is 0 Å². The largest absolute Gasteiger partial charge is 0.480 e. The van der Waals surface area contributed by atoms with Gasteiger partial charge in [0.05, 0.1) is 5.70 Å². The number of fused-ring (bicyclic) bond motifs is 3. The molecule has 0 bridgehead atoms. The molecular formula is C27H24N4OS. The van der Waals surface area contributed by atoms with Gasteiger partial charge in [0.15, 0.2) is 0 Å². The predicted octanol–water partition coefficient (Wildman–Crippen LogP) is 6.18. The Hall–Kier alpha value is -3.51. The van der Waals surface area contributed by atoms with E-state index in [4.69, 9.17) is 14.8 Å². The maximum Gasteiger partial charge on any atom is 0.227 e. The van der Waals surface area contributed by atoms with Gasteiger partial charge < -0.3 is 10.1 Å². The number of rotatable bonds is 3. The van der Waals surface area contributed by atoms with E-state index in [1.807, 2.05) is 17.0 Å². The molecule has 2 aliphatic heterocycles. The van der Waals surface area contributed by atoms with Crippen LogP contribution in [0.5, 0.6) is 5.75 Å². The van der Waals surface area contributed by atoms with E-state index in [0.29, 0.717) is 0 Å². The molecule has 1 N–H and O–H groups in total. The topological polar surface area (TPSA) is 52.0 Å². The van der Waals surface area contributed by atoms with Gasteiger partial charge in [-0.25, -0.2) is 4.68 Å². The van der Waals surface area contributed by atoms with Crippen LogP contribution in [-0.4, -0.2) is 21.0 Å². The summed E-state index contributed by atoms with van der Waals surface area (Å²) in [6.45, 7) is 4.22. The Balaban J connectivity index is 1.64. The molecule has 0 radical (unpaired) electrons. The first-order valence-corrected chi connectivity index (χ1v) is 12.3. The van der Waals surface area contributed by atoms with Gasteiger partial charge >= 0.3 is 0 Å². The van der Waals surface area contributed by atoms with E-state index in [-0.39, 0.29) is 12.1 Å². The van der Waals surface area contributed by atoms with Gasteiger partial charge in [-0.3, -0.25) is 0 Å². The zero-order valence-corrected chi connectivity index (χ0v) is 19.6. The molecule has 0 saturated heterocycles. The molecule has 0 saturated carbocycles. The molecule has 2 aliphatic rings. The number of anilines is 1. The molecule has 0 spiro atoms. The molecule has 5 nitrogen and oxygen atoms in total. The van der Waals surface area contributed by atoms with Crippen LogP contribution in [0, 0.1) is 13.8 Å². The number of ether oxygens (including phenoxy) is 1. The third-order valence-electron chi connectivity index (χ3n) is 6.29. The third kappa shape index (κ3) is 3.33. The van der Waals surface area contributed by atoms with Crippen molar-refractivity contribution in [2.75, 3.05) is 11.6 Å². The van der Waals surface area contributed by atoms with Gasteiger partial charge in [-0.15, -0.1) is 5.10 Å². The standard InChI is InChI=1S/C27H24N4OS/c1-16-9-12-18(13-10-16)24-22-23(28-26-29-27(33-3)30-31(24)26)20-15-17(2)11-14-21(20)32-25(22)19-7-5-4-6-8-19/h4-15,24-25H,1-3H3,(H,28,29,30)/t24-,25-/m1/s1. The lowest BCUT2D eigenvalue weighted by molar-refractivity contribution is 0.223. The van der Waals surface area contributed by atoms with Crippen molar-refractivity contribution < 1.29 is 4.74 Å². The Morgan fingerprint density at radius 3 is 2.42 bits per heavy atom. The SMILES string of the molecule is CSc1nc2n(n1)[C@H](c1ccc(C)cc1)C1=C(N2)c2cc(C)ccc2O[C@@H]1c1ccccc1. The molecule has 0 unspecified atom stereocenters. The van der Waals surface area contributed by atoms with Crippen LogP contribution in [0.25, 0.3) is 5.70 Å². The summed E-state index contributed by atoms with van der Waals surface area (Å²) in [5, 5.41) is 9.23. The highest BCUT2D eigenvalue weighted by Gasteiger charge is 2.41. The molecule has 164 valence electrons. The first-order valence-electron chi connectivity index (χ1n) is 11.0. The van der Waals surface area contributed by atoms with Crippen LogP contribution >= 0.6 is 11.8 Å². The predicted molar refractivity (Wildman–Crippen MR) is 133 cm³/mol. The monoisotopic (exact) mass is 452 g/mol. The van der Waals surface area contributed by atoms with E-state index in [9.17, 15) is 0 Å². The van der Waals surface area contributed by atoms with Crippen molar-refractivity contribution in [2.24, 2.45) is 0 Å². The Kier molecular flexibility index (Phi) is 4.76. The van der Waals surface area contributed by atoms with E-state index in [0.717, 1.165) is 44.8 Å². The lowest BCUT2D eigenvalue weighted by atomic mass is 9.84. The summed E-state index contributed by atoms with van der Waals surface area (Å²) in [6, 6.07) is 25.3. The van der Waals surface area contributed by atoms with Gasteiger partial charge in [0, 0.05) is 11.1 Å². The summed E-state index contributed by atoms with van der Waals surface area (Å²) < 4.78 is 8.71. The number of aromatic nitrogens is 3. The van der Waals surface area contributed by atoms with E-state index < -0.39 is 0 Å². The van der Waals surface area contributed by atoms with Crippen LogP contribution in [0.15, 0.2) is 83.5 Å². The van der Waals surface area contributed by atoms with Gasteiger partial charge in [0.25, 0.3) is 0 Å². The van der Waals surface area contributed by atoms with Gasteiger partial charge in [0.2, 0.25) is 11.1 Å². The van der Waals surface area contributed by atoms with Gasteiger partial charge in [0.1, 0.15) is 17.9 Å². The second-order valence-electron chi connectivity index (χ2n) is 8.54. The first-order chi connectivity index (χ1) is 16.1. The van der Waals surface area contributed by atoms with E-state index in [1.165, 1.54) is 11.1 Å². The van der Waals surface area contributed by atoms with E-state index in [1.54, 1.807) is 11.8 Å². The Labute approximate surface area is 197 Å². The Bertz CT molecular complexity index is 1380. The van der Waals surface area contributed by atoms with Crippen molar-refractivity contribution in [3.63, 3.8) is 0 Å². The highest BCUT2D eigenvalue weighted by atomic mass is 32.2. The van der Waals surface area contributed by atoms with Crippen molar-refractivity contribution in [2.45, 2.75) is 31.1 Å². The van der Waals surface area contributed by atoms with Crippen molar-refractivity contribution in [3.8, 4) is 5.75 Å². The zero-order valence-electron chi connectivity index (χ0n) is 18.7. The smallest absolute Gasteiger partial charge is 0.227 e. The lowest BCUT2D eigenvalue weighted by Crippen LogP contribution is -2.32. The minimum atomic E-state index is -0.245. The van der Waals surface area contributed by atoms with Crippen molar-refractivity contribution in [1.29, 1.82) is 0 Å². The minimum Gasteiger partial charge on any atom is -0.480 e. The fourth-order valence-electron chi connectivity index (χ4n) is 4.68. The summed E-state index contributed by atoms with van der Waals surface area (Å²) in [5.74, 6) is 1.63. The quantitative estimate of drug-likeness (QED) is 0.376. The number of nitrogens with one attached hydrogen (secondary N) is 1. The number of nitrogens with zero attached hydrogens (tertiary/aromatic N) is 3. The lowest BCUT2D eigenvalue weighted by Gasteiger charge is -2.39. The zero-order chi connectivity index (χ0) is 22.5.